The van der Waals surface area contributed by atoms with Crippen LogP contribution in [0.1, 0.15) is 0 Å². The maximum atomic E-state index is 8.69. The average molecular weight is 129 g/mol. The molecule has 0 fully saturated rings. The first-order valence-corrected chi connectivity index (χ1v) is 2.56. The normalized spacial score (nSPS) is 11.6. The van der Waals surface area contributed by atoms with Crippen LogP contribution in [0.4, 0.5) is 0 Å². The van der Waals surface area contributed by atoms with Crippen molar-refractivity contribution in [2.24, 2.45) is 4.99 Å². The molecule has 8 heavy (non-hydrogen) atoms. The molecular weight excluding hydrogens is 122 g/mol. The SMILES string of the molecule is C=C[C@@H](O)CN=C=S. The van der Waals surface area contributed by atoms with Crippen LogP contribution >= 0.6 is 12.2 Å². The van der Waals surface area contributed by atoms with Gasteiger partial charge in [-0.05, 0) is 12.2 Å². The molecule has 0 aliphatic rings. The summed E-state index contributed by atoms with van der Waals surface area (Å²) in [5.41, 5.74) is 0. The molecule has 44 valence electrons. The lowest BCUT2D eigenvalue weighted by Crippen LogP contribution is -2.04. The third kappa shape index (κ3) is 3.68. The molecule has 1 atom stereocenters. The minimum Gasteiger partial charge on any atom is -0.387 e. The minimum atomic E-state index is -0.578. The highest BCUT2D eigenvalue weighted by Crippen LogP contribution is 1.81. The Morgan fingerprint density at radius 2 is 2.62 bits per heavy atom. The van der Waals surface area contributed by atoms with Crippen LogP contribution < -0.4 is 0 Å². The van der Waals surface area contributed by atoms with Crippen LogP contribution in [0, 0.1) is 0 Å². The topological polar surface area (TPSA) is 32.6 Å². The van der Waals surface area contributed by atoms with Crippen molar-refractivity contribution >= 4 is 17.4 Å². The number of nitrogens with zero attached hydrogens (tertiary/aromatic N) is 1. The number of thiocarbonyl (C=S) groups is 1. The molecule has 0 aliphatic heterocycles. The summed E-state index contributed by atoms with van der Waals surface area (Å²) in [6.07, 6.45) is 0.821. The smallest absolute Gasteiger partial charge is 0.0921 e. The van der Waals surface area contributed by atoms with E-state index in [0.29, 0.717) is 0 Å². The highest BCUT2D eigenvalue weighted by Gasteiger charge is 1.90. The van der Waals surface area contributed by atoms with Gasteiger partial charge in [0.15, 0.2) is 0 Å². The number of aliphatic imine (C=N–C) groups is 1. The second kappa shape index (κ2) is 4.65. The highest BCUT2D eigenvalue weighted by molar-refractivity contribution is 7.78. The Balaban J connectivity index is 3.38. The monoisotopic (exact) mass is 129 g/mol. The van der Waals surface area contributed by atoms with E-state index in [0.717, 1.165) is 0 Å². The van der Waals surface area contributed by atoms with Crippen LogP contribution in [0.25, 0.3) is 0 Å². The van der Waals surface area contributed by atoms with Gasteiger partial charge >= 0.3 is 0 Å². The van der Waals surface area contributed by atoms with Gasteiger partial charge in [0.2, 0.25) is 0 Å². The molecule has 3 heteroatoms. The Morgan fingerprint density at radius 3 is 3.00 bits per heavy atom. The summed E-state index contributed by atoms with van der Waals surface area (Å²) in [5, 5.41) is 10.8. The number of hydrogen-bond donors (Lipinski definition) is 1. The van der Waals surface area contributed by atoms with Crippen LogP contribution in [-0.2, 0) is 0 Å². The molecule has 0 spiro atoms. The average Bonchev–Trinajstić information content (AvgIpc) is 1.83. The summed E-state index contributed by atoms with van der Waals surface area (Å²) in [4.78, 5) is 3.49. The van der Waals surface area contributed by atoms with Crippen LogP contribution in [0.15, 0.2) is 17.6 Å². The molecule has 0 unspecified atom stereocenters. The van der Waals surface area contributed by atoms with Crippen molar-refractivity contribution in [2.45, 2.75) is 6.10 Å². The predicted molar refractivity (Wildman–Crippen MR) is 36.1 cm³/mol. The first-order valence-electron chi connectivity index (χ1n) is 2.15. The van der Waals surface area contributed by atoms with Gasteiger partial charge in [0, 0.05) is 0 Å². The lowest BCUT2D eigenvalue weighted by atomic mass is 10.4. The molecule has 0 saturated heterocycles. The zero-order valence-corrected chi connectivity index (χ0v) is 5.19. The Bertz CT molecular complexity index is 118. The maximum Gasteiger partial charge on any atom is 0.0921 e. The molecule has 0 aromatic heterocycles. The third-order valence-electron chi connectivity index (χ3n) is 0.615. The van der Waals surface area contributed by atoms with E-state index in [2.05, 4.69) is 29.0 Å². The summed E-state index contributed by atoms with van der Waals surface area (Å²) in [6.45, 7) is 3.61. The van der Waals surface area contributed by atoms with Crippen molar-refractivity contribution < 1.29 is 5.11 Å². The standard InChI is InChI=1S/C5H7NOS/c1-2-5(7)3-6-4-8/h2,5,7H,1,3H2/t5-/m1/s1. The van der Waals surface area contributed by atoms with Crippen molar-refractivity contribution in [3.8, 4) is 0 Å². The molecule has 0 heterocycles. The number of aliphatic hydroxyl groups is 1. The minimum absolute atomic E-state index is 0.271. The first-order chi connectivity index (χ1) is 3.81. The fourth-order valence-corrected chi connectivity index (χ4v) is 0.280. The molecule has 1 N–H and O–H groups in total. The Hall–Kier alpha value is -0.500. The maximum absolute atomic E-state index is 8.69. The van der Waals surface area contributed by atoms with Gasteiger partial charge in [-0.15, -0.1) is 6.58 Å². The van der Waals surface area contributed by atoms with E-state index in [1.54, 1.807) is 0 Å². The largest absolute Gasteiger partial charge is 0.387 e. The van der Waals surface area contributed by atoms with E-state index < -0.39 is 6.10 Å². The molecule has 0 bridgehead atoms. The summed E-state index contributed by atoms with van der Waals surface area (Å²) in [7, 11) is 0. The van der Waals surface area contributed by atoms with E-state index in [-0.39, 0.29) is 6.54 Å². The zero-order chi connectivity index (χ0) is 6.41. The van der Waals surface area contributed by atoms with E-state index in [9.17, 15) is 0 Å². The molecule has 2 nitrogen and oxygen atoms in total. The second-order valence-electron chi connectivity index (χ2n) is 1.24. The van der Waals surface area contributed by atoms with Gasteiger partial charge in [0.25, 0.3) is 0 Å². The van der Waals surface area contributed by atoms with E-state index in [1.807, 2.05) is 0 Å². The van der Waals surface area contributed by atoms with E-state index >= 15 is 0 Å². The first kappa shape index (κ1) is 7.50. The van der Waals surface area contributed by atoms with Crippen LogP contribution in [0.2, 0.25) is 0 Å². The van der Waals surface area contributed by atoms with Crippen LogP contribution in [-0.4, -0.2) is 22.9 Å². The van der Waals surface area contributed by atoms with Crippen molar-refractivity contribution in [3.05, 3.63) is 12.7 Å². The van der Waals surface area contributed by atoms with Gasteiger partial charge in [0.1, 0.15) is 0 Å². The number of hydrogen-bond acceptors (Lipinski definition) is 3. The Labute approximate surface area is 53.6 Å². The van der Waals surface area contributed by atoms with E-state index in [1.165, 1.54) is 6.08 Å². The molecule has 0 aliphatic carbocycles. The summed E-state index contributed by atoms with van der Waals surface area (Å²) >= 11 is 4.26. The predicted octanol–water partition coefficient (Wildman–Crippen LogP) is 0.636. The lowest BCUT2D eigenvalue weighted by Gasteiger charge is -1.94. The zero-order valence-electron chi connectivity index (χ0n) is 4.37. The Morgan fingerprint density at radius 1 is 2.00 bits per heavy atom. The summed E-state index contributed by atoms with van der Waals surface area (Å²) < 4.78 is 0. The quantitative estimate of drug-likeness (QED) is 0.344. The molecule has 0 rings (SSSR count). The van der Waals surface area contributed by atoms with Gasteiger partial charge < -0.3 is 5.11 Å². The molecule has 0 aromatic rings. The third-order valence-corrected chi connectivity index (χ3v) is 0.744. The number of rotatable bonds is 3. The summed E-state index contributed by atoms with van der Waals surface area (Å²) in [5.74, 6) is 0. The van der Waals surface area contributed by atoms with Crippen molar-refractivity contribution in [1.82, 2.24) is 0 Å². The fraction of sp³-hybridized carbons (Fsp3) is 0.400. The van der Waals surface area contributed by atoms with Gasteiger partial charge in [-0.25, -0.2) is 4.99 Å². The summed E-state index contributed by atoms with van der Waals surface area (Å²) in [6, 6.07) is 0. The van der Waals surface area contributed by atoms with Gasteiger partial charge in [-0.3, -0.25) is 0 Å². The lowest BCUT2D eigenvalue weighted by molar-refractivity contribution is 0.233. The van der Waals surface area contributed by atoms with Crippen molar-refractivity contribution in [1.29, 1.82) is 0 Å². The number of isothiocyanates is 1. The van der Waals surface area contributed by atoms with Crippen LogP contribution in [0.5, 0.6) is 0 Å². The van der Waals surface area contributed by atoms with Gasteiger partial charge in [-0.2, -0.15) is 0 Å². The van der Waals surface area contributed by atoms with Crippen molar-refractivity contribution in [3.63, 3.8) is 0 Å². The van der Waals surface area contributed by atoms with Crippen LogP contribution in [0.3, 0.4) is 0 Å². The molecule has 0 aromatic carbocycles. The molecular formula is C5H7NOS. The van der Waals surface area contributed by atoms with Crippen molar-refractivity contribution in [2.75, 3.05) is 6.54 Å². The second-order valence-corrected chi connectivity index (χ2v) is 1.42. The molecule has 0 saturated carbocycles. The fourth-order valence-electron chi connectivity index (χ4n) is 0.205. The molecule has 0 amide bonds. The molecule has 0 radical (unpaired) electrons. The number of aliphatic hydroxyl groups excluding tert-OH is 1. The Kier molecular flexibility index (Phi) is 4.36. The highest BCUT2D eigenvalue weighted by atomic mass is 32.1. The van der Waals surface area contributed by atoms with E-state index in [4.69, 9.17) is 5.11 Å². The van der Waals surface area contributed by atoms with Gasteiger partial charge in [-0.1, -0.05) is 6.08 Å². The van der Waals surface area contributed by atoms with Gasteiger partial charge in [0.05, 0.1) is 17.8 Å².